The standard InChI is InChI=1S/C16H22O/c17-16-10-14(12-5-1-2-6-12)9-15(11-16)13-7-3-4-8-13/h9-13,17H,1-8H2. The minimum atomic E-state index is 0.483. The Kier molecular flexibility index (Phi) is 3.09. The Morgan fingerprint density at radius 1 is 0.706 bits per heavy atom. The molecule has 0 aliphatic heterocycles. The summed E-state index contributed by atoms with van der Waals surface area (Å²) in [4.78, 5) is 0. The van der Waals surface area contributed by atoms with Crippen LogP contribution in [0.3, 0.4) is 0 Å². The van der Waals surface area contributed by atoms with Crippen LogP contribution in [0.1, 0.15) is 74.3 Å². The molecule has 0 spiro atoms. The molecule has 0 aromatic heterocycles. The Morgan fingerprint density at radius 3 is 1.53 bits per heavy atom. The minimum Gasteiger partial charge on any atom is -0.508 e. The van der Waals surface area contributed by atoms with Crippen molar-refractivity contribution in [2.24, 2.45) is 0 Å². The summed E-state index contributed by atoms with van der Waals surface area (Å²) >= 11 is 0. The van der Waals surface area contributed by atoms with Gasteiger partial charge in [-0.1, -0.05) is 31.7 Å². The molecule has 1 aromatic carbocycles. The highest BCUT2D eigenvalue weighted by Crippen LogP contribution is 2.40. The lowest BCUT2D eigenvalue weighted by Crippen LogP contribution is -1.97. The van der Waals surface area contributed by atoms with Crippen molar-refractivity contribution in [2.45, 2.75) is 63.2 Å². The first-order chi connectivity index (χ1) is 8.33. The van der Waals surface area contributed by atoms with Crippen LogP contribution in [0, 0.1) is 0 Å². The van der Waals surface area contributed by atoms with Gasteiger partial charge < -0.3 is 5.11 Å². The molecule has 1 nitrogen and oxygen atoms in total. The zero-order chi connectivity index (χ0) is 11.7. The van der Waals surface area contributed by atoms with Gasteiger partial charge >= 0.3 is 0 Å². The van der Waals surface area contributed by atoms with Gasteiger partial charge in [0.1, 0.15) is 5.75 Å². The van der Waals surface area contributed by atoms with Gasteiger partial charge in [0.25, 0.3) is 0 Å². The lowest BCUT2D eigenvalue weighted by molar-refractivity contribution is 0.471. The van der Waals surface area contributed by atoms with Gasteiger partial charge in [0, 0.05) is 0 Å². The van der Waals surface area contributed by atoms with E-state index in [1.54, 1.807) is 0 Å². The van der Waals surface area contributed by atoms with E-state index in [-0.39, 0.29) is 0 Å². The summed E-state index contributed by atoms with van der Waals surface area (Å²) in [5.41, 5.74) is 2.79. The summed E-state index contributed by atoms with van der Waals surface area (Å²) in [6.07, 6.45) is 10.7. The highest BCUT2D eigenvalue weighted by atomic mass is 16.3. The fourth-order valence-electron chi connectivity index (χ4n) is 3.65. The van der Waals surface area contributed by atoms with Crippen LogP contribution in [-0.4, -0.2) is 5.11 Å². The average Bonchev–Trinajstić information content (AvgIpc) is 3.02. The van der Waals surface area contributed by atoms with Crippen molar-refractivity contribution < 1.29 is 5.11 Å². The summed E-state index contributed by atoms with van der Waals surface area (Å²) in [6, 6.07) is 6.37. The highest BCUT2D eigenvalue weighted by Gasteiger charge is 2.21. The largest absolute Gasteiger partial charge is 0.508 e. The molecule has 1 aromatic rings. The number of benzene rings is 1. The third kappa shape index (κ3) is 2.34. The van der Waals surface area contributed by atoms with Crippen LogP contribution in [0.25, 0.3) is 0 Å². The molecule has 0 bridgehead atoms. The average molecular weight is 230 g/mol. The normalized spacial score (nSPS) is 22.4. The molecule has 92 valence electrons. The van der Waals surface area contributed by atoms with E-state index in [0.717, 1.165) is 0 Å². The molecule has 0 unspecified atom stereocenters. The SMILES string of the molecule is Oc1cc(C2CCCC2)cc(C2CCCC2)c1. The second kappa shape index (κ2) is 4.72. The molecule has 2 aliphatic carbocycles. The van der Waals surface area contributed by atoms with Crippen molar-refractivity contribution in [3.63, 3.8) is 0 Å². The van der Waals surface area contributed by atoms with Crippen molar-refractivity contribution in [2.75, 3.05) is 0 Å². The summed E-state index contributed by atoms with van der Waals surface area (Å²) < 4.78 is 0. The predicted octanol–water partition coefficient (Wildman–Crippen LogP) is 4.71. The molecule has 3 rings (SSSR count). The van der Waals surface area contributed by atoms with Crippen molar-refractivity contribution in [1.82, 2.24) is 0 Å². The summed E-state index contributed by atoms with van der Waals surface area (Å²) in [5.74, 6) is 1.90. The minimum absolute atomic E-state index is 0.483. The van der Waals surface area contributed by atoms with Crippen LogP contribution in [0.5, 0.6) is 5.75 Å². The van der Waals surface area contributed by atoms with E-state index in [9.17, 15) is 5.11 Å². The molecule has 0 radical (unpaired) electrons. The van der Waals surface area contributed by atoms with Gasteiger partial charge in [-0.25, -0.2) is 0 Å². The quantitative estimate of drug-likeness (QED) is 0.780. The van der Waals surface area contributed by atoms with E-state index in [1.165, 1.54) is 62.5 Å². The van der Waals surface area contributed by atoms with Crippen LogP contribution < -0.4 is 0 Å². The molecule has 2 fully saturated rings. The Morgan fingerprint density at radius 2 is 1.12 bits per heavy atom. The first-order valence-corrected chi connectivity index (χ1v) is 7.17. The Hall–Kier alpha value is -0.980. The third-order valence-corrected chi connectivity index (χ3v) is 4.62. The van der Waals surface area contributed by atoms with Crippen LogP contribution in [0.2, 0.25) is 0 Å². The maximum atomic E-state index is 9.91. The lowest BCUT2D eigenvalue weighted by Gasteiger charge is -2.15. The summed E-state index contributed by atoms with van der Waals surface area (Å²) in [7, 11) is 0. The van der Waals surface area contributed by atoms with E-state index in [0.29, 0.717) is 17.6 Å². The highest BCUT2D eigenvalue weighted by molar-refractivity contribution is 5.37. The smallest absolute Gasteiger partial charge is 0.116 e. The number of hydrogen-bond acceptors (Lipinski definition) is 1. The molecule has 0 heterocycles. The van der Waals surface area contributed by atoms with Gasteiger partial charge in [0.2, 0.25) is 0 Å². The van der Waals surface area contributed by atoms with Crippen LogP contribution in [0.15, 0.2) is 18.2 Å². The van der Waals surface area contributed by atoms with Crippen molar-refractivity contribution >= 4 is 0 Å². The Balaban J connectivity index is 1.88. The van der Waals surface area contributed by atoms with Gasteiger partial charge in [-0.2, -0.15) is 0 Å². The van der Waals surface area contributed by atoms with Gasteiger partial charge in [-0.05, 0) is 60.8 Å². The molecule has 17 heavy (non-hydrogen) atoms. The van der Waals surface area contributed by atoms with E-state index < -0.39 is 0 Å². The lowest BCUT2D eigenvalue weighted by atomic mass is 9.90. The molecule has 1 heteroatoms. The predicted molar refractivity (Wildman–Crippen MR) is 70.5 cm³/mol. The Bertz CT molecular complexity index is 350. The summed E-state index contributed by atoms with van der Waals surface area (Å²) in [5, 5.41) is 9.91. The van der Waals surface area contributed by atoms with Gasteiger partial charge in [-0.15, -0.1) is 0 Å². The van der Waals surface area contributed by atoms with Crippen LogP contribution >= 0.6 is 0 Å². The molecular formula is C16H22O. The molecule has 0 amide bonds. The molecule has 2 saturated carbocycles. The van der Waals surface area contributed by atoms with E-state index in [2.05, 4.69) is 6.07 Å². The molecule has 2 aliphatic rings. The van der Waals surface area contributed by atoms with Crippen LogP contribution in [-0.2, 0) is 0 Å². The Labute approximate surface area is 104 Å². The number of hydrogen-bond donors (Lipinski definition) is 1. The van der Waals surface area contributed by atoms with Crippen molar-refractivity contribution in [1.29, 1.82) is 0 Å². The second-order valence-electron chi connectivity index (χ2n) is 5.82. The fourth-order valence-corrected chi connectivity index (χ4v) is 3.65. The maximum Gasteiger partial charge on any atom is 0.116 e. The van der Waals surface area contributed by atoms with Crippen molar-refractivity contribution in [3.05, 3.63) is 29.3 Å². The molecule has 0 atom stereocenters. The first kappa shape index (κ1) is 11.1. The zero-order valence-electron chi connectivity index (χ0n) is 10.5. The molecule has 1 N–H and O–H groups in total. The van der Waals surface area contributed by atoms with Crippen LogP contribution in [0.4, 0.5) is 0 Å². The molecule has 0 saturated heterocycles. The van der Waals surface area contributed by atoms with E-state index in [1.807, 2.05) is 12.1 Å². The number of phenols is 1. The summed E-state index contributed by atoms with van der Waals surface area (Å²) in [6.45, 7) is 0. The topological polar surface area (TPSA) is 20.2 Å². The first-order valence-electron chi connectivity index (χ1n) is 7.17. The monoisotopic (exact) mass is 230 g/mol. The van der Waals surface area contributed by atoms with E-state index in [4.69, 9.17) is 0 Å². The number of aromatic hydroxyl groups is 1. The van der Waals surface area contributed by atoms with E-state index >= 15 is 0 Å². The van der Waals surface area contributed by atoms with Crippen molar-refractivity contribution in [3.8, 4) is 5.75 Å². The zero-order valence-corrected chi connectivity index (χ0v) is 10.5. The number of rotatable bonds is 2. The molecular weight excluding hydrogens is 208 g/mol. The third-order valence-electron chi connectivity index (χ3n) is 4.62. The fraction of sp³-hybridized carbons (Fsp3) is 0.625. The van der Waals surface area contributed by atoms with Gasteiger partial charge in [-0.3, -0.25) is 0 Å². The second-order valence-corrected chi connectivity index (χ2v) is 5.82. The number of phenolic OH excluding ortho intramolecular Hbond substituents is 1. The van der Waals surface area contributed by atoms with Gasteiger partial charge in [0.15, 0.2) is 0 Å². The van der Waals surface area contributed by atoms with Gasteiger partial charge in [0.05, 0.1) is 0 Å². The maximum absolute atomic E-state index is 9.91.